The molecule has 0 spiro atoms. The number of fused-ring (bicyclic) bond motifs is 1. The third-order valence-electron chi connectivity index (χ3n) is 5.78. The van der Waals surface area contributed by atoms with E-state index in [1.54, 1.807) is 0 Å². The Balaban J connectivity index is 0.00000210. The quantitative estimate of drug-likeness (QED) is 0.610. The summed E-state index contributed by atoms with van der Waals surface area (Å²) in [6, 6.07) is 7.94. The van der Waals surface area contributed by atoms with Crippen molar-refractivity contribution < 1.29 is 9.59 Å². The number of rotatable bonds is 4. The van der Waals surface area contributed by atoms with Crippen LogP contribution in [0.4, 0.5) is 5.69 Å². The highest BCUT2D eigenvalue weighted by molar-refractivity contribution is 5.95. The molecule has 0 bridgehead atoms. The number of benzene rings is 1. The van der Waals surface area contributed by atoms with Crippen LogP contribution < -0.4 is 26.4 Å². The van der Waals surface area contributed by atoms with Gasteiger partial charge in [-0.1, -0.05) is 12.1 Å². The Morgan fingerprint density at radius 1 is 1.33 bits per heavy atom. The molecule has 4 N–H and O–H groups in total. The largest absolute Gasteiger partial charge is 0.348 e. The smallest absolute Gasteiger partial charge is 0.239 e. The number of halogens is 1. The number of carbonyl (C=O) groups is 2. The Morgan fingerprint density at radius 3 is 2.96 bits per heavy atom. The average Bonchev–Trinajstić information content (AvgIpc) is 3.28. The molecule has 0 radical (unpaired) electrons. The molecule has 2 amide bonds. The highest BCUT2D eigenvalue weighted by atomic mass is 35.5. The van der Waals surface area contributed by atoms with E-state index in [-0.39, 0.29) is 42.2 Å². The number of nitrogens with one attached hydrogen (secondary N) is 4. The topological polar surface area (TPSA) is 85.5 Å². The normalized spacial score (nSPS) is 28.4. The maximum Gasteiger partial charge on any atom is 0.239 e. The lowest BCUT2D eigenvalue weighted by molar-refractivity contribution is -0.124. The highest BCUT2D eigenvalue weighted by Crippen LogP contribution is 2.25. The monoisotopic (exact) mass is 393 g/mol. The molecule has 4 unspecified atom stereocenters. The van der Waals surface area contributed by atoms with Crippen molar-refractivity contribution in [1.29, 1.82) is 0 Å². The molecule has 8 heteroatoms. The van der Waals surface area contributed by atoms with Crippen LogP contribution in [0.25, 0.3) is 0 Å². The number of carbonyl (C=O) groups excluding carboxylic acids is 2. The van der Waals surface area contributed by atoms with Crippen LogP contribution in [0, 0.1) is 5.92 Å². The SMILES string of the molecule is CC(NC(=O)C1NNC2CCNCC21)c1cccc(N2CCCC2=O)c1.Cl. The Kier molecular flexibility index (Phi) is 6.37. The fraction of sp³-hybridized carbons (Fsp3) is 0.579. The maximum absolute atomic E-state index is 12.8. The van der Waals surface area contributed by atoms with Crippen molar-refractivity contribution in [3.63, 3.8) is 0 Å². The average molecular weight is 394 g/mol. The molecule has 0 saturated carbocycles. The molecule has 1 aromatic carbocycles. The number of hydrazine groups is 1. The highest BCUT2D eigenvalue weighted by Gasteiger charge is 2.41. The number of amides is 2. The molecule has 0 aliphatic carbocycles. The van der Waals surface area contributed by atoms with Crippen molar-refractivity contribution >= 4 is 29.9 Å². The van der Waals surface area contributed by atoms with Gasteiger partial charge in [0.25, 0.3) is 0 Å². The van der Waals surface area contributed by atoms with Crippen LogP contribution in [0.3, 0.4) is 0 Å². The number of piperidine rings is 1. The van der Waals surface area contributed by atoms with Crippen molar-refractivity contribution in [2.24, 2.45) is 5.92 Å². The zero-order valence-corrected chi connectivity index (χ0v) is 16.3. The van der Waals surface area contributed by atoms with Gasteiger partial charge < -0.3 is 15.5 Å². The number of nitrogens with zero attached hydrogens (tertiary/aromatic N) is 1. The molecular formula is C19H28ClN5O2. The van der Waals surface area contributed by atoms with E-state index in [0.717, 1.165) is 43.7 Å². The second kappa shape index (κ2) is 8.56. The first-order chi connectivity index (χ1) is 12.6. The summed E-state index contributed by atoms with van der Waals surface area (Å²) in [5, 5.41) is 6.50. The van der Waals surface area contributed by atoms with Gasteiger partial charge in [0.05, 0.1) is 6.04 Å². The lowest BCUT2D eigenvalue weighted by Crippen LogP contribution is -2.49. The van der Waals surface area contributed by atoms with E-state index in [2.05, 4.69) is 21.5 Å². The number of hydrogen-bond donors (Lipinski definition) is 4. The third kappa shape index (κ3) is 4.11. The molecule has 4 atom stereocenters. The first-order valence-corrected chi connectivity index (χ1v) is 9.56. The maximum atomic E-state index is 12.8. The summed E-state index contributed by atoms with van der Waals surface area (Å²) in [6.07, 6.45) is 2.56. The summed E-state index contributed by atoms with van der Waals surface area (Å²) >= 11 is 0. The van der Waals surface area contributed by atoms with Gasteiger partial charge in [0.2, 0.25) is 11.8 Å². The zero-order chi connectivity index (χ0) is 18.1. The summed E-state index contributed by atoms with van der Waals surface area (Å²) in [5.41, 5.74) is 8.35. The van der Waals surface area contributed by atoms with Gasteiger partial charge in [-0.25, -0.2) is 5.43 Å². The van der Waals surface area contributed by atoms with Crippen molar-refractivity contribution in [3.8, 4) is 0 Å². The molecule has 148 valence electrons. The second-order valence-corrected chi connectivity index (χ2v) is 7.50. The van der Waals surface area contributed by atoms with Gasteiger partial charge in [-0.15, -0.1) is 12.4 Å². The minimum absolute atomic E-state index is 0. The summed E-state index contributed by atoms with van der Waals surface area (Å²) in [5.74, 6) is 0.462. The van der Waals surface area contributed by atoms with Gasteiger partial charge in [0.15, 0.2) is 0 Å². The molecule has 7 nitrogen and oxygen atoms in total. The predicted octanol–water partition coefficient (Wildman–Crippen LogP) is 0.867. The predicted molar refractivity (Wildman–Crippen MR) is 107 cm³/mol. The molecule has 3 fully saturated rings. The Bertz CT molecular complexity index is 700. The number of hydrogen-bond acceptors (Lipinski definition) is 5. The van der Waals surface area contributed by atoms with E-state index in [9.17, 15) is 9.59 Å². The van der Waals surface area contributed by atoms with Crippen LogP contribution in [-0.4, -0.2) is 43.5 Å². The van der Waals surface area contributed by atoms with Gasteiger partial charge in [0.1, 0.15) is 6.04 Å². The fourth-order valence-electron chi connectivity index (χ4n) is 4.25. The van der Waals surface area contributed by atoms with Crippen molar-refractivity contribution in [2.45, 2.75) is 44.3 Å². The van der Waals surface area contributed by atoms with Crippen LogP contribution in [0.15, 0.2) is 24.3 Å². The van der Waals surface area contributed by atoms with Gasteiger partial charge in [-0.3, -0.25) is 15.0 Å². The Morgan fingerprint density at radius 2 is 2.19 bits per heavy atom. The molecule has 1 aromatic rings. The number of anilines is 1. The van der Waals surface area contributed by atoms with Gasteiger partial charge in [-0.2, -0.15) is 0 Å². The van der Waals surface area contributed by atoms with Crippen LogP contribution in [-0.2, 0) is 9.59 Å². The van der Waals surface area contributed by atoms with Crippen LogP contribution >= 0.6 is 12.4 Å². The van der Waals surface area contributed by atoms with Crippen LogP contribution in [0.2, 0.25) is 0 Å². The molecule has 3 heterocycles. The molecular weight excluding hydrogens is 366 g/mol. The second-order valence-electron chi connectivity index (χ2n) is 7.50. The molecule has 4 rings (SSSR count). The molecule has 3 aliphatic heterocycles. The third-order valence-corrected chi connectivity index (χ3v) is 5.78. The minimum Gasteiger partial charge on any atom is -0.348 e. The van der Waals surface area contributed by atoms with Crippen LogP contribution in [0.5, 0.6) is 0 Å². The van der Waals surface area contributed by atoms with Crippen LogP contribution in [0.1, 0.15) is 37.8 Å². The fourth-order valence-corrected chi connectivity index (χ4v) is 4.25. The van der Waals surface area contributed by atoms with Crippen molar-refractivity contribution in [2.75, 3.05) is 24.5 Å². The van der Waals surface area contributed by atoms with Gasteiger partial charge in [-0.05, 0) is 44.0 Å². The lowest BCUT2D eigenvalue weighted by atomic mass is 9.89. The standard InChI is InChI=1S/C19H27N5O2.ClH/c1-12(13-4-2-5-14(10-13)24-9-3-6-17(24)25)21-19(26)18-15-11-20-8-7-16(15)22-23-18;/h2,4-5,10,12,15-16,18,20,22-23H,3,6-9,11H2,1H3,(H,21,26);1H. The first kappa shape index (κ1) is 20.1. The zero-order valence-electron chi connectivity index (χ0n) is 15.5. The molecule has 3 saturated heterocycles. The van der Waals surface area contributed by atoms with E-state index >= 15 is 0 Å². The Hall–Kier alpha value is -1.67. The molecule has 0 aromatic heterocycles. The molecule has 27 heavy (non-hydrogen) atoms. The van der Waals surface area contributed by atoms with Crippen molar-refractivity contribution in [3.05, 3.63) is 29.8 Å². The van der Waals surface area contributed by atoms with E-state index in [4.69, 9.17) is 0 Å². The minimum atomic E-state index is -0.224. The molecule has 3 aliphatic rings. The Labute approximate surface area is 166 Å². The first-order valence-electron chi connectivity index (χ1n) is 9.56. The summed E-state index contributed by atoms with van der Waals surface area (Å²) in [4.78, 5) is 26.6. The van der Waals surface area contributed by atoms with E-state index in [1.165, 1.54) is 0 Å². The van der Waals surface area contributed by atoms with Gasteiger partial charge in [0, 0.05) is 37.2 Å². The van der Waals surface area contributed by atoms with E-state index in [0.29, 0.717) is 12.5 Å². The summed E-state index contributed by atoms with van der Waals surface area (Å²) < 4.78 is 0. The summed E-state index contributed by atoms with van der Waals surface area (Å²) in [6.45, 7) is 4.60. The van der Waals surface area contributed by atoms with E-state index in [1.807, 2.05) is 36.1 Å². The summed E-state index contributed by atoms with van der Waals surface area (Å²) in [7, 11) is 0. The lowest BCUT2D eigenvalue weighted by Gasteiger charge is -2.28. The van der Waals surface area contributed by atoms with Crippen molar-refractivity contribution in [1.82, 2.24) is 21.5 Å². The van der Waals surface area contributed by atoms with E-state index < -0.39 is 0 Å². The van der Waals surface area contributed by atoms with Gasteiger partial charge >= 0.3 is 0 Å².